The highest BCUT2D eigenvalue weighted by atomic mass is 32.1. The van der Waals surface area contributed by atoms with Crippen LogP contribution in [0, 0.1) is 11.6 Å². The first-order valence-corrected chi connectivity index (χ1v) is 5.41. The Bertz CT molecular complexity index is 379. The molecule has 0 amide bonds. The van der Waals surface area contributed by atoms with Gasteiger partial charge in [-0.15, -0.1) is 0 Å². The molecule has 0 aliphatic heterocycles. The normalized spacial score (nSPS) is 11.5. The van der Waals surface area contributed by atoms with Crippen LogP contribution in [0.3, 0.4) is 0 Å². The van der Waals surface area contributed by atoms with Gasteiger partial charge in [-0.1, -0.05) is 18.3 Å². The molecule has 1 heterocycles. The Morgan fingerprint density at radius 2 is 2.13 bits per heavy atom. The van der Waals surface area contributed by atoms with Gasteiger partial charge in [0.15, 0.2) is 5.88 Å². The number of nitrogens with one attached hydrogen (secondary N) is 1. The van der Waals surface area contributed by atoms with Crippen molar-refractivity contribution < 1.29 is 4.74 Å². The van der Waals surface area contributed by atoms with Crippen LogP contribution < -0.4 is 10.5 Å². The topological polar surface area (TPSA) is 51.0 Å². The van der Waals surface area contributed by atoms with E-state index in [1.165, 1.54) is 0 Å². The fourth-order valence-corrected chi connectivity index (χ4v) is 1.21. The van der Waals surface area contributed by atoms with Crippen molar-refractivity contribution in [3.05, 3.63) is 22.3 Å². The largest absolute Gasteiger partial charge is 0.479 e. The lowest BCUT2D eigenvalue weighted by atomic mass is 10.0. The first-order chi connectivity index (χ1) is 6.88. The zero-order valence-electron chi connectivity index (χ0n) is 9.46. The van der Waals surface area contributed by atoms with Crippen LogP contribution >= 0.6 is 12.2 Å². The summed E-state index contributed by atoms with van der Waals surface area (Å²) in [7, 11) is 0. The fraction of sp³-hybridized carbons (Fsp3) is 0.545. The molecule has 1 aromatic heterocycles. The molecule has 0 bridgehead atoms. The molecule has 1 aromatic rings. The van der Waals surface area contributed by atoms with Gasteiger partial charge in [0.1, 0.15) is 4.64 Å². The van der Waals surface area contributed by atoms with Gasteiger partial charge < -0.3 is 15.5 Å². The maximum atomic E-state index is 5.84. The SMILES string of the molecule is Cc1ccc(OCCC(C)(C)N)[nH]c1=S. The Hall–Kier alpha value is -0.870. The zero-order chi connectivity index (χ0) is 11.5. The van der Waals surface area contributed by atoms with Crippen LogP contribution in [0.1, 0.15) is 25.8 Å². The molecule has 15 heavy (non-hydrogen) atoms. The van der Waals surface area contributed by atoms with Crippen LogP contribution in [-0.2, 0) is 0 Å². The Labute approximate surface area is 95.7 Å². The minimum atomic E-state index is -0.193. The Morgan fingerprint density at radius 1 is 1.47 bits per heavy atom. The van der Waals surface area contributed by atoms with Gasteiger partial charge in [-0.25, -0.2) is 0 Å². The van der Waals surface area contributed by atoms with Crippen molar-refractivity contribution in [3.8, 4) is 5.88 Å². The average molecular weight is 226 g/mol. The fourth-order valence-electron chi connectivity index (χ4n) is 1.04. The molecule has 0 atom stereocenters. The Morgan fingerprint density at radius 3 is 2.67 bits per heavy atom. The summed E-state index contributed by atoms with van der Waals surface area (Å²) in [4.78, 5) is 3.01. The number of hydrogen-bond acceptors (Lipinski definition) is 3. The van der Waals surface area contributed by atoms with Crippen molar-refractivity contribution in [1.29, 1.82) is 0 Å². The molecule has 0 unspecified atom stereocenters. The number of pyridine rings is 1. The second-order valence-corrected chi connectivity index (χ2v) is 4.83. The van der Waals surface area contributed by atoms with E-state index < -0.39 is 0 Å². The molecular weight excluding hydrogens is 208 g/mol. The molecule has 3 nitrogen and oxygen atoms in total. The van der Waals surface area contributed by atoms with E-state index in [9.17, 15) is 0 Å². The molecule has 0 aliphatic carbocycles. The van der Waals surface area contributed by atoms with Gasteiger partial charge >= 0.3 is 0 Å². The first-order valence-electron chi connectivity index (χ1n) is 5.00. The Kier molecular flexibility index (Phi) is 3.88. The molecule has 0 aliphatic rings. The number of nitrogens with two attached hydrogens (primary N) is 1. The van der Waals surface area contributed by atoms with E-state index in [2.05, 4.69) is 4.98 Å². The highest BCUT2D eigenvalue weighted by molar-refractivity contribution is 7.71. The van der Waals surface area contributed by atoms with E-state index in [0.29, 0.717) is 12.5 Å². The van der Waals surface area contributed by atoms with E-state index in [-0.39, 0.29) is 5.54 Å². The molecule has 3 N–H and O–H groups in total. The number of rotatable bonds is 4. The third-order valence-corrected chi connectivity index (χ3v) is 2.51. The van der Waals surface area contributed by atoms with Gasteiger partial charge in [-0.05, 0) is 38.8 Å². The van der Waals surface area contributed by atoms with Gasteiger partial charge in [-0.2, -0.15) is 0 Å². The van der Waals surface area contributed by atoms with Crippen molar-refractivity contribution in [2.45, 2.75) is 32.7 Å². The van der Waals surface area contributed by atoms with Gasteiger partial charge in [0.05, 0.1) is 6.61 Å². The quantitative estimate of drug-likeness (QED) is 0.776. The van der Waals surface area contributed by atoms with Crippen LogP contribution in [0.5, 0.6) is 5.88 Å². The van der Waals surface area contributed by atoms with Crippen LogP contribution in [0.25, 0.3) is 0 Å². The summed E-state index contributed by atoms with van der Waals surface area (Å²) in [5.41, 5.74) is 6.70. The lowest BCUT2D eigenvalue weighted by Crippen LogP contribution is -2.33. The summed E-state index contributed by atoms with van der Waals surface area (Å²) < 4.78 is 6.24. The van der Waals surface area contributed by atoms with Crippen LogP contribution in [-0.4, -0.2) is 17.1 Å². The standard InChI is InChI=1S/C11H18N2OS/c1-8-4-5-9(13-10(8)15)14-7-6-11(2,3)12/h4-5H,6-7,12H2,1-3H3,(H,13,15). The molecule has 4 heteroatoms. The van der Waals surface area contributed by atoms with E-state index in [0.717, 1.165) is 16.6 Å². The van der Waals surface area contributed by atoms with Crippen LogP contribution in [0.15, 0.2) is 12.1 Å². The van der Waals surface area contributed by atoms with E-state index in [1.807, 2.05) is 32.9 Å². The van der Waals surface area contributed by atoms with E-state index >= 15 is 0 Å². The number of aryl methyl sites for hydroxylation is 1. The lowest BCUT2D eigenvalue weighted by molar-refractivity contribution is 0.265. The van der Waals surface area contributed by atoms with Crippen molar-refractivity contribution in [2.24, 2.45) is 5.73 Å². The second kappa shape index (κ2) is 4.77. The number of ether oxygens (including phenoxy) is 1. The summed E-state index contributed by atoms with van der Waals surface area (Å²) in [5, 5.41) is 0. The van der Waals surface area contributed by atoms with E-state index in [1.54, 1.807) is 0 Å². The smallest absolute Gasteiger partial charge is 0.191 e. The third-order valence-electron chi connectivity index (χ3n) is 2.08. The monoisotopic (exact) mass is 226 g/mol. The van der Waals surface area contributed by atoms with Crippen molar-refractivity contribution in [1.82, 2.24) is 4.98 Å². The third kappa shape index (κ3) is 4.44. The summed E-state index contributed by atoms with van der Waals surface area (Å²) in [6.07, 6.45) is 0.807. The molecule has 0 radical (unpaired) electrons. The minimum absolute atomic E-state index is 0.193. The number of aromatic amines is 1. The molecule has 84 valence electrons. The predicted molar refractivity (Wildman–Crippen MR) is 64.7 cm³/mol. The zero-order valence-corrected chi connectivity index (χ0v) is 10.3. The second-order valence-electron chi connectivity index (χ2n) is 4.42. The van der Waals surface area contributed by atoms with E-state index in [4.69, 9.17) is 22.7 Å². The predicted octanol–water partition coefficient (Wildman–Crippen LogP) is 2.56. The molecule has 0 saturated heterocycles. The van der Waals surface area contributed by atoms with Crippen LogP contribution in [0.2, 0.25) is 0 Å². The first kappa shape index (κ1) is 12.2. The van der Waals surface area contributed by atoms with Gasteiger partial charge in [0, 0.05) is 5.54 Å². The molecule has 0 saturated carbocycles. The van der Waals surface area contributed by atoms with Crippen molar-refractivity contribution in [3.63, 3.8) is 0 Å². The summed E-state index contributed by atoms with van der Waals surface area (Å²) >= 11 is 5.10. The summed E-state index contributed by atoms with van der Waals surface area (Å²) in [6.45, 7) is 6.52. The van der Waals surface area contributed by atoms with Gasteiger partial charge in [-0.3, -0.25) is 0 Å². The van der Waals surface area contributed by atoms with Gasteiger partial charge in [0.25, 0.3) is 0 Å². The van der Waals surface area contributed by atoms with Crippen LogP contribution in [0.4, 0.5) is 0 Å². The number of H-pyrrole nitrogens is 1. The number of aromatic nitrogens is 1. The maximum Gasteiger partial charge on any atom is 0.191 e. The Balaban J connectivity index is 2.52. The van der Waals surface area contributed by atoms with Crippen molar-refractivity contribution >= 4 is 12.2 Å². The highest BCUT2D eigenvalue weighted by Crippen LogP contribution is 2.10. The molecule has 0 spiro atoms. The lowest BCUT2D eigenvalue weighted by Gasteiger charge is -2.18. The highest BCUT2D eigenvalue weighted by Gasteiger charge is 2.10. The molecule has 1 rings (SSSR count). The number of hydrogen-bond donors (Lipinski definition) is 2. The van der Waals surface area contributed by atoms with Crippen molar-refractivity contribution in [2.75, 3.05) is 6.61 Å². The van der Waals surface area contributed by atoms with Gasteiger partial charge in [0.2, 0.25) is 0 Å². The average Bonchev–Trinajstić information content (AvgIpc) is 2.09. The molecule has 0 aromatic carbocycles. The summed E-state index contributed by atoms with van der Waals surface area (Å²) in [5.74, 6) is 0.704. The summed E-state index contributed by atoms with van der Waals surface area (Å²) in [6, 6.07) is 3.83. The minimum Gasteiger partial charge on any atom is -0.479 e. The maximum absolute atomic E-state index is 5.84. The molecular formula is C11H18N2OS. The molecule has 0 fully saturated rings.